The van der Waals surface area contributed by atoms with Crippen LogP contribution >= 0.6 is 0 Å². The summed E-state index contributed by atoms with van der Waals surface area (Å²) in [6.45, 7) is 7.89. The molecule has 0 atom stereocenters. The van der Waals surface area contributed by atoms with Gasteiger partial charge in [0.25, 0.3) is 5.91 Å². The lowest BCUT2D eigenvalue weighted by Gasteiger charge is -2.15. The molecule has 0 aliphatic carbocycles. The highest BCUT2D eigenvalue weighted by atomic mass is 16.5. The molecule has 138 valence electrons. The maximum absolute atomic E-state index is 12.4. The standard InChI is InChI=1S/C22H28N2O2/c1-17(2)26-21-10-8-20(9-11-21)22(25)23-15-18-6-5-7-19(14-18)16-24-12-3-4-13-24/h5-11,14,17H,3-4,12-13,15-16H2,1-2H3,(H,23,25). The van der Waals surface area contributed by atoms with Crippen LogP contribution in [0.5, 0.6) is 5.75 Å². The summed E-state index contributed by atoms with van der Waals surface area (Å²) < 4.78 is 5.61. The number of nitrogens with zero attached hydrogens (tertiary/aromatic N) is 1. The van der Waals surface area contributed by atoms with Crippen molar-refractivity contribution in [2.75, 3.05) is 13.1 Å². The number of hydrogen-bond donors (Lipinski definition) is 1. The lowest BCUT2D eigenvalue weighted by atomic mass is 10.1. The second-order valence-electron chi connectivity index (χ2n) is 7.18. The fourth-order valence-electron chi connectivity index (χ4n) is 3.28. The number of amides is 1. The Labute approximate surface area is 156 Å². The minimum Gasteiger partial charge on any atom is -0.491 e. The van der Waals surface area contributed by atoms with Gasteiger partial charge >= 0.3 is 0 Å². The van der Waals surface area contributed by atoms with Crippen LogP contribution in [0.1, 0.15) is 48.2 Å². The number of benzene rings is 2. The van der Waals surface area contributed by atoms with Crippen molar-refractivity contribution in [3.8, 4) is 5.75 Å². The predicted octanol–water partition coefficient (Wildman–Crippen LogP) is 4.00. The Hall–Kier alpha value is -2.33. The Balaban J connectivity index is 1.53. The Morgan fingerprint density at radius 3 is 2.46 bits per heavy atom. The molecule has 4 heteroatoms. The number of hydrogen-bond acceptors (Lipinski definition) is 3. The monoisotopic (exact) mass is 352 g/mol. The van der Waals surface area contributed by atoms with Gasteiger partial charge in [-0.2, -0.15) is 0 Å². The van der Waals surface area contributed by atoms with E-state index >= 15 is 0 Å². The molecular weight excluding hydrogens is 324 g/mol. The smallest absolute Gasteiger partial charge is 0.251 e. The highest BCUT2D eigenvalue weighted by molar-refractivity contribution is 5.94. The van der Waals surface area contributed by atoms with Gasteiger partial charge in [0.1, 0.15) is 5.75 Å². The molecule has 2 aromatic carbocycles. The molecule has 0 unspecified atom stereocenters. The number of rotatable bonds is 7. The maximum Gasteiger partial charge on any atom is 0.251 e. The fraction of sp³-hybridized carbons (Fsp3) is 0.409. The van der Waals surface area contributed by atoms with Crippen molar-refractivity contribution < 1.29 is 9.53 Å². The number of ether oxygens (including phenoxy) is 1. The normalized spacial score (nSPS) is 14.6. The van der Waals surface area contributed by atoms with Crippen molar-refractivity contribution in [2.24, 2.45) is 0 Å². The third kappa shape index (κ3) is 5.33. The summed E-state index contributed by atoms with van der Waals surface area (Å²) >= 11 is 0. The molecule has 0 radical (unpaired) electrons. The van der Waals surface area contributed by atoms with Crippen LogP contribution in [0.15, 0.2) is 48.5 Å². The lowest BCUT2D eigenvalue weighted by Crippen LogP contribution is -2.23. The van der Waals surface area contributed by atoms with Crippen molar-refractivity contribution >= 4 is 5.91 Å². The predicted molar refractivity (Wildman–Crippen MR) is 104 cm³/mol. The Bertz CT molecular complexity index is 719. The summed E-state index contributed by atoms with van der Waals surface area (Å²) in [7, 11) is 0. The van der Waals surface area contributed by atoms with Gasteiger partial charge in [-0.25, -0.2) is 0 Å². The first-order valence-corrected chi connectivity index (χ1v) is 9.45. The minimum atomic E-state index is -0.0638. The van der Waals surface area contributed by atoms with E-state index in [0.29, 0.717) is 12.1 Å². The molecule has 1 saturated heterocycles. The van der Waals surface area contributed by atoms with Crippen LogP contribution in [-0.4, -0.2) is 30.0 Å². The molecule has 1 amide bonds. The van der Waals surface area contributed by atoms with Gasteiger partial charge in [0.15, 0.2) is 0 Å². The van der Waals surface area contributed by atoms with E-state index in [1.165, 1.54) is 31.5 Å². The topological polar surface area (TPSA) is 41.6 Å². The van der Waals surface area contributed by atoms with Crippen LogP contribution in [-0.2, 0) is 13.1 Å². The summed E-state index contributed by atoms with van der Waals surface area (Å²) in [6.07, 6.45) is 2.73. The summed E-state index contributed by atoms with van der Waals surface area (Å²) in [5.41, 5.74) is 3.10. The van der Waals surface area contributed by atoms with Crippen molar-refractivity contribution in [1.82, 2.24) is 10.2 Å². The van der Waals surface area contributed by atoms with Crippen molar-refractivity contribution in [3.05, 3.63) is 65.2 Å². The summed E-state index contributed by atoms with van der Waals surface area (Å²) in [5.74, 6) is 0.720. The van der Waals surface area contributed by atoms with Crippen molar-refractivity contribution in [1.29, 1.82) is 0 Å². The van der Waals surface area contributed by atoms with Gasteiger partial charge in [0.2, 0.25) is 0 Å². The van der Waals surface area contributed by atoms with Crippen LogP contribution in [0.3, 0.4) is 0 Å². The molecule has 0 saturated carbocycles. The first-order valence-electron chi connectivity index (χ1n) is 9.45. The Morgan fingerprint density at radius 2 is 1.77 bits per heavy atom. The summed E-state index contributed by atoms with van der Waals surface area (Å²) in [6, 6.07) is 15.8. The first kappa shape index (κ1) is 18.5. The van der Waals surface area contributed by atoms with E-state index in [4.69, 9.17) is 4.74 Å². The van der Waals surface area contributed by atoms with Gasteiger partial charge in [0.05, 0.1) is 6.10 Å². The summed E-state index contributed by atoms with van der Waals surface area (Å²) in [4.78, 5) is 14.8. The molecule has 1 heterocycles. The molecule has 0 bridgehead atoms. The van der Waals surface area contributed by atoms with E-state index in [0.717, 1.165) is 17.9 Å². The lowest BCUT2D eigenvalue weighted by molar-refractivity contribution is 0.0951. The maximum atomic E-state index is 12.4. The highest BCUT2D eigenvalue weighted by Crippen LogP contribution is 2.15. The number of nitrogens with one attached hydrogen (secondary N) is 1. The van der Waals surface area contributed by atoms with Gasteiger partial charge in [-0.05, 0) is 75.2 Å². The number of likely N-dealkylation sites (tertiary alicyclic amines) is 1. The van der Waals surface area contributed by atoms with Gasteiger partial charge in [-0.1, -0.05) is 24.3 Å². The molecule has 1 N–H and O–H groups in total. The molecule has 0 spiro atoms. The molecule has 0 aromatic heterocycles. The van der Waals surface area contributed by atoms with Crippen LogP contribution in [0, 0.1) is 0 Å². The third-order valence-corrected chi connectivity index (χ3v) is 4.54. The van der Waals surface area contributed by atoms with Crippen LogP contribution in [0.2, 0.25) is 0 Å². The van der Waals surface area contributed by atoms with Crippen LogP contribution in [0.4, 0.5) is 0 Å². The molecular formula is C22H28N2O2. The van der Waals surface area contributed by atoms with Gasteiger partial charge in [-0.3, -0.25) is 9.69 Å². The SMILES string of the molecule is CC(C)Oc1ccc(C(=O)NCc2cccc(CN3CCCC3)c2)cc1. The molecule has 4 nitrogen and oxygen atoms in total. The fourth-order valence-corrected chi connectivity index (χ4v) is 3.28. The van der Waals surface area contributed by atoms with Gasteiger partial charge in [-0.15, -0.1) is 0 Å². The van der Waals surface area contributed by atoms with E-state index in [1.54, 1.807) is 12.1 Å². The zero-order valence-corrected chi connectivity index (χ0v) is 15.7. The van der Waals surface area contributed by atoms with E-state index in [1.807, 2.05) is 26.0 Å². The minimum absolute atomic E-state index is 0.0638. The quantitative estimate of drug-likeness (QED) is 0.819. The van der Waals surface area contributed by atoms with Crippen molar-refractivity contribution in [2.45, 2.75) is 45.9 Å². The average Bonchev–Trinajstić information content (AvgIpc) is 3.13. The number of carbonyl (C=O) groups excluding carboxylic acids is 1. The molecule has 1 aliphatic rings. The second-order valence-corrected chi connectivity index (χ2v) is 7.18. The Kier molecular flexibility index (Phi) is 6.29. The summed E-state index contributed by atoms with van der Waals surface area (Å²) in [5, 5.41) is 3.00. The van der Waals surface area contributed by atoms with Gasteiger partial charge < -0.3 is 10.1 Å². The van der Waals surface area contributed by atoms with Crippen LogP contribution in [0.25, 0.3) is 0 Å². The third-order valence-electron chi connectivity index (χ3n) is 4.54. The van der Waals surface area contributed by atoms with Crippen molar-refractivity contribution in [3.63, 3.8) is 0 Å². The molecule has 1 fully saturated rings. The average molecular weight is 352 g/mol. The van der Waals surface area contributed by atoms with E-state index in [-0.39, 0.29) is 12.0 Å². The van der Waals surface area contributed by atoms with Gasteiger partial charge in [0, 0.05) is 18.7 Å². The zero-order chi connectivity index (χ0) is 18.4. The molecule has 26 heavy (non-hydrogen) atoms. The molecule has 2 aromatic rings. The second kappa shape index (κ2) is 8.86. The number of carbonyl (C=O) groups is 1. The van der Waals surface area contributed by atoms with E-state index < -0.39 is 0 Å². The van der Waals surface area contributed by atoms with E-state index in [2.05, 4.69) is 34.5 Å². The van der Waals surface area contributed by atoms with E-state index in [9.17, 15) is 4.79 Å². The molecule has 1 aliphatic heterocycles. The largest absolute Gasteiger partial charge is 0.491 e. The molecule has 3 rings (SSSR count). The first-order chi connectivity index (χ1) is 12.6. The zero-order valence-electron chi connectivity index (χ0n) is 15.7. The highest BCUT2D eigenvalue weighted by Gasteiger charge is 2.12. The van der Waals surface area contributed by atoms with Crippen LogP contribution < -0.4 is 10.1 Å². The Morgan fingerprint density at radius 1 is 1.08 bits per heavy atom.